The topological polar surface area (TPSA) is 109 Å². The average Bonchev–Trinajstić information content (AvgIpc) is 3.51. The van der Waals surface area contributed by atoms with Crippen LogP contribution >= 0.6 is 0 Å². The molecular weight excluding hydrogens is 468 g/mol. The van der Waals surface area contributed by atoms with Gasteiger partial charge >= 0.3 is 6.09 Å². The largest absolute Gasteiger partial charge is 0.457 e. The lowest BCUT2D eigenvalue weighted by Gasteiger charge is -2.30. The number of hydrogen-bond acceptors (Lipinski definition) is 5. The first-order valence-corrected chi connectivity index (χ1v) is 12.1. The van der Waals surface area contributed by atoms with E-state index < -0.39 is 11.6 Å². The minimum Gasteiger partial charge on any atom is -0.457 e. The second-order valence-corrected chi connectivity index (χ2v) is 9.30. The number of aromatic amines is 1. The van der Waals surface area contributed by atoms with Gasteiger partial charge in [-0.15, -0.1) is 0 Å². The Labute approximate surface area is 214 Å². The molecule has 5 rings (SSSR count). The van der Waals surface area contributed by atoms with Crippen LogP contribution in [-0.2, 0) is 22.6 Å². The van der Waals surface area contributed by atoms with E-state index in [4.69, 9.17) is 9.15 Å². The molecule has 37 heavy (non-hydrogen) atoms. The Morgan fingerprint density at radius 2 is 1.84 bits per heavy atom. The molecule has 3 heterocycles. The van der Waals surface area contributed by atoms with Gasteiger partial charge in [0.15, 0.2) is 6.61 Å². The van der Waals surface area contributed by atoms with Gasteiger partial charge in [-0.3, -0.25) is 9.78 Å². The van der Waals surface area contributed by atoms with Gasteiger partial charge in [-0.2, -0.15) is 0 Å². The zero-order valence-electron chi connectivity index (χ0n) is 20.7. The van der Waals surface area contributed by atoms with Gasteiger partial charge in [0.25, 0.3) is 0 Å². The van der Waals surface area contributed by atoms with Crippen molar-refractivity contribution in [3.63, 3.8) is 0 Å². The lowest BCUT2D eigenvalue weighted by atomic mass is 9.91. The third kappa shape index (κ3) is 5.33. The molecule has 0 saturated heterocycles. The van der Waals surface area contributed by atoms with E-state index in [1.165, 1.54) is 0 Å². The number of benzene rings is 2. The van der Waals surface area contributed by atoms with Crippen LogP contribution in [0.2, 0.25) is 0 Å². The van der Waals surface area contributed by atoms with Crippen LogP contribution in [0.4, 0.5) is 4.79 Å². The number of amides is 2. The van der Waals surface area contributed by atoms with Gasteiger partial charge in [-0.05, 0) is 55.3 Å². The summed E-state index contributed by atoms with van der Waals surface area (Å²) < 4.78 is 11.2. The minimum atomic E-state index is -1.29. The number of carbonyl (C=O) groups is 2. The number of alkyl carbamates (subject to hydrolysis) is 1. The molecule has 2 atom stereocenters. The van der Waals surface area contributed by atoms with E-state index in [1.807, 2.05) is 79.9 Å². The fourth-order valence-electron chi connectivity index (χ4n) is 4.44. The molecule has 3 aromatic heterocycles. The summed E-state index contributed by atoms with van der Waals surface area (Å²) in [6.45, 7) is 3.53. The first kappa shape index (κ1) is 24.1. The van der Waals surface area contributed by atoms with E-state index in [9.17, 15) is 9.59 Å². The lowest BCUT2D eigenvalue weighted by molar-refractivity contribution is -0.127. The average molecular weight is 497 g/mol. The number of nitrogens with one attached hydrogen (secondary N) is 3. The number of nitrogens with zero attached hydrogens (tertiary/aromatic N) is 1. The maximum Gasteiger partial charge on any atom is 0.408 e. The number of rotatable bonds is 8. The first-order chi connectivity index (χ1) is 17.9. The highest BCUT2D eigenvalue weighted by atomic mass is 16.6. The van der Waals surface area contributed by atoms with Crippen molar-refractivity contribution >= 4 is 33.9 Å². The van der Waals surface area contributed by atoms with E-state index >= 15 is 0 Å². The van der Waals surface area contributed by atoms with Crippen molar-refractivity contribution in [2.24, 2.45) is 0 Å². The Balaban J connectivity index is 1.34. The van der Waals surface area contributed by atoms with Gasteiger partial charge in [-0.1, -0.05) is 36.4 Å². The predicted octanol–water partition coefficient (Wildman–Crippen LogP) is 5.41. The van der Waals surface area contributed by atoms with Gasteiger partial charge < -0.3 is 24.8 Å². The number of carbonyl (C=O) groups excluding carboxylic acids is 2. The van der Waals surface area contributed by atoms with Crippen molar-refractivity contribution in [2.75, 3.05) is 0 Å². The monoisotopic (exact) mass is 496 g/mol. The smallest absolute Gasteiger partial charge is 0.408 e. The Bertz CT molecular complexity index is 1510. The number of aromatic nitrogens is 2. The van der Waals surface area contributed by atoms with Crippen LogP contribution in [0.15, 0.2) is 89.7 Å². The van der Waals surface area contributed by atoms with Crippen LogP contribution in [0.1, 0.15) is 36.8 Å². The van der Waals surface area contributed by atoms with Crippen LogP contribution in [-0.4, -0.2) is 27.5 Å². The number of ether oxygens (including phenoxy) is 1. The Morgan fingerprint density at radius 3 is 2.65 bits per heavy atom. The molecule has 2 amide bonds. The van der Waals surface area contributed by atoms with E-state index in [2.05, 4.69) is 20.6 Å². The van der Waals surface area contributed by atoms with E-state index in [1.54, 1.807) is 19.3 Å². The van der Waals surface area contributed by atoms with Crippen LogP contribution in [0, 0.1) is 0 Å². The summed E-state index contributed by atoms with van der Waals surface area (Å²) in [5.41, 5.74) is 2.19. The molecule has 0 aliphatic carbocycles. The summed E-state index contributed by atoms with van der Waals surface area (Å²) in [4.78, 5) is 33.8. The second-order valence-electron chi connectivity index (χ2n) is 9.30. The normalized spacial score (nSPS) is 13.7. The number of pyridine rings is 1. The number of furan rings is 1. The summed E-state index contributed by atoms with van der Waals surface area (Å²) in [6, 6.07) is 20.6. The van der Waals surface area contributed by atoms with Crippen LogP contribution in [0.25, 0.3) is 21.9 Å². The van der Waals surface area contributed by atoms with Crippen molar-refractivity contribution in [3.8, 4) is 0 Å². The van der Waals surface area contributed by atoms with Crippen molar-refractivity contribution in [1.29, 1.82) is 0 Å². The lowest BCUT2D eigenvalue weighted by Crippen LogP contribution is -2.58. The van der Waals surface area contributed by atoms with Gasteiger partial charge in [0.05, 0.1) is 6.04 Å². The number of para-hydroxylation sites is 2. The van der Waals surface area contributed by atoms with Gasteiger partial charge in [0, 0.05) is 41.3 Å². The summed E-state index contributed by atoms with van der Waals surface area (Å²) in [5.74, 6) is 0.188. The third-order valence-corrected chi connectivity index (χ3v) is 6.47. The highest BCUT2D eigenvalue weighted by molar-refractivity contribution is 5.91. The number of H-pyrrole nitrogens is 1. The quantitative estimate of drug-likeness (QED) is 0.266. The Hall–Kier alpha value is -4.59. The standard InChI is InChI=1S/C29H28N4O4/c1-19(20-11-13-30-14-12-20)32-27(34)29(2,16-22-17-31-25-9-5-4-8-24(22)25)33-28(35)36-18-23-15-21-7-3-6-10-26(21)37-23/h3-15,17,19,31H,16,18H2,1-2H3,(H,32,34)(H,33,35)/t19-,29+/m0/s1. The molecule has 0 bridgehead atoms. The van der Waals surface area contributed by atoms with Crippen molar-refractivity contribution < 1.29 is 18.7 Å². The van der Waals surface area contributed by atoms with Crippen molar-refractivity contribution in [3.05, 3.63) is 102 Å². The number of fused-ring (bicyclic) bond motifs is 2. The zero-order valence-corrected chi connectivity index (χ0v) is 20.7. The second kappa shape index (κ2) is 10.2. The first-order valence-electron chi connectivity index (χ1n) is 12.1. The summed E-state index contributed by atoms with van der Waals surface area (Å²) in [5, 5.41) is 7.76. The predicted molar refractivity (Wildman–Crippen MR) is 141 cm³/mol. The molecule has 5 aromatic rings. The molecule has 0 radical (unpaired) electrons. The SMILES string of the molecule is C[C@H](NC(=O)[C@@](C)(Cc1c[nH]c2ccccc12)NC(=O)OCc1cc2ccccc2o1)c1ccncc1. The van der Waals surface area contributed by atoms with Crippen LogP contribution in [0.3, 0.4) is 0 Å². The molecule has 0 aliphatic heterocycles. The fourth-order valence-corrected chi connectivity index (χ4v) is 4.44. The van der Waals surface area contributed by atoms with Crippen LogP contribution in [0.5, 0.6) is 0 Å². The molecular formula is C29H28N4O4. The molecule has 3 N–H and O–H groups in total. The molecule has 0 saturated carbocycles. The maximum atomic E-state index is 13.6. The summed E-state index contributed by atoms with van der Waals surface area (Å²) in [6.07, 6.45) is 4.76. The third-order valence-electron chi connectivity index (χ3n) is 6.47. The molecule has 8 nitrogen and oxygen atoms in total. The minimum absolute atomic E-state index is 0.0568. The highest BCUT2D eigenvalue weighted by Gasteiger charge is 2.37. The van der Waals surface area contributed by atoms with Crippen LogP contribution < -0.4 is 10.6 Å². The molecule has 188 valence electrons. The molecule has 0 spiro atoms. The molecule has 0 unspecified atom stereocenters. The fraction of sp³-hybridized carbons (Fsp3) is 0.207. The summed E-state index contributed by atoms with van der Waals surface area (Å²) in [7, 11) is 0. The van der Waals surface area contributed by atoms with Gasteiger partial charge in [0.2, 0.25) is 5.91 Å². The molecule has 2 aromatic carbocycles. The van der Waals surface area contributed by atoms with Crippen molar-refractivity contribution in [2.45, 2.75) is 38.5 Å². The Morgan fingerprint density at radius 1 is 1.08 bits per heavy atom. The van der Waals surface area contributed by atoms with Gasteiger partial charge in [0.1, 0.15) is 16.9 Å². The van der Waals surface area contributed by atoms with E-state index in [-0.39, 0.29) is 25.0 Å². The Kier molecular flexibility index (Phi) is 6.64. The molecule has 0 aliphatic rings. The molecule has 8 heteroatoms. The molecule has 0 fully saturated rings. The summed E-state index contributed by atoms with van der Waals surface area (Å²) >= 11 is 0. The van der Waals surface area contributed by atoms with Gasteiger partial charge in [-0.25, -0.2) is 4.79 Å². The maximum absolute atomic E-state index is 13.6. The zero-order chi connectivity index (χ0) is 25.8. The number of hydrogen-bond donors (Lipinski definition) is 3. The van der Waals surface area contributed by atoms with E-state index in [0.29, 0.717) is 5.76 Å². The van der Waals surface area contributed by atoms with E-state index in [0.717, 1.165) is 33.0 Å². The highest BCUT2D eigenvalue weighted by Crippen LogP contribution is 2.24. The van der Waals surface area contributed by atoms with Crippen molar-refractivity contribution in [1.82, 2.24) is 20.6 Å².